The zero-order chi connectivity index (χ0) is 13.9. The van der Waals surface area contributed by atoms with E-state index < -0.39 is 0 Å². The van der Waals surface area contributed by atoms with Crippen LogP contribution in [0.2, 0.25) is 0 Å². The van der Waals surface area contributed by atoms with Gasteiger partial charge in [0.05, 0.1) is 31.2 Å². The van der Waals surface area contributed by atoms with Crippen molar-refractivity contribution in [2.45, 2.75) is 25.4 Å². The molecule has 0 spiro atoms. The zero-order valence-electron chi connectivity index (χ0n) is 11.8. The van der Waals surface area contributed by atoms with Gasteiger partial charge in [-0.2, -0.15) is 0 Å². The Kier molecular flexibility index (Phi) is 4.03. The Labute approximate surface area is 118 Å². The molecule has 1 fully saturated rings. The van der Waals surface area contributed by atoms with Crippen LogP contribution in [0.4, 0.5) is 0 Å². The number of hydrogen-bond acceptors (Lipinski definition) is 4. The van der Waals surface area contributed by atoms with Gasteiger partial charge in [0.15, 0.2) is 0 Å². The van der Waals surface area contributed by atoms with Crippen LogP contribution in [0.15, 0.2) is 12.5 Å². The predicted molar refractivity (Wildman–Crippen MR) is 72.1 cm³/mol. The highest BCUT2D eigenvalue weighted by atomic mass is 16.5. The van der Waals surface area contributed by atoms with Crippen LogP contribution in [0, 0.1) is 5.92 Å². The highest BCUT2D eigenvalue weighted by molar-refractivity contribution is 5.79. The number of amides is 1. The second-order valence-corrected chi connectivity index (χ2v) is 5.51. The lowest BCUT2D eigenvalue weighted by atomic mass is 9.98. The predicted octanol–water partition coefficient (Wildman–Crippen LogP) is 0.839. The van der Waals surface area contributed by atoms with E-state index in [1.807, 2.05) is 17.4 Å². The van der Waals surface area contributed by atoms with Crippen LogP contribution in [-0.4, -0.2) is 53.8 Å². The van der Waals surface area contributed by atoms with E-state index in [4.69, 9.17) is 9.47 Å². The first kappa shape index (κ1) is 13.6. The number of fused-ring (bicyclic) bond motifs is 1. The SMILES string of the molecule is COC[C@@H]1CN(C(=O)C2CCOCC2)Cc2cncn21. The van der Waals surface area contributed by atoms with Crippen LogP contribution in [-0.2, 0) is 20.8 Å². The van der Waals surface area contributed by atoms with Crippen LogP contribution in [0.1, 0.15) is 24.6 Å². The van der Waals surface area contributed by atoms with E-state index in [1.54, 1.807) is 7.11 Å². The van der Waals surface area contributed by atoms with Gasteiger partial charge in [-0.3, -0.25) is 4.79 Å². The first-order valence-corrected chi connectivity index (χ1v) is 7.15. The molecule has 0 bridgehead atoms. The van der Waals surface area contributed by atoms with Crippen LogP contribution in [0.3, 0.4) is 0 Å². The molecule has 2 aliphatic heterocycles. The van der Waals surface area contributed by atoms with Gasteiger partial charge >= 0.3 is 0 Å². The average molecular weight is 279 g/mol. The molecule has 6 heteroatoms. The third kappa shape index (κ3) is 2.58. The molecule has 110 valence electrons. The summed E-state index contributed by atoms with van der Waals surface area (Å²) in [7, 11) is 1.69. The molecule has 20 heavy (non-hydrogen) atoms. The third-order valence-corrected chi connectivity index (χ3v) is 4.16. The quantitative estimate of drug-likeness (QED) is 0.822. The molecule has 0 radical (unpaired) electrons. The van der Waals surface area contributed by atoms with E-state index in [1.165, 1.54) is 0 Å². The number of carbonyl (C=O) groups excluding carboxylic acids is 1. The van der Waals surface area contributed by atoms with E-state index in [0.717, 1.165) is 18.5 Å². The van der Waals surface area contributed by atoms with Gasteiger partial charge in [-0.25, -0.2) is 4.98 Å². The lowest BCUT2D eigenvalue weighted by Gasteiger charge is -2.36. The Balaban J connectivity index is 1.73. The summed E-state index contributed by atoms with van der Waals surface area (Å²) in [5, 5.41) is 0. The number of imidazole rings is 1. The van der Waals surface area contributed by atoms with Crippen molar-refractivity contribution in [2.75, 3.05) is 33.5 Å². The lowest BCUT2D eigenvalue weighted by Crippen LogP contribution is -2.45. The number of aromatic nitrogens is 2. The van der Waals surface area contributed by atoms with Crippen LogP contribution in [0.5, 0.6) is 0 Å². The molecule has 0 unspecified atom stereocenters. The zero-order valence-corrected chi connectivity index (χ0v) is 11.8. The molecule has 0 saturated carbocycles. The molecule has 1 aromatic rings. The Hall–Kier alpha value is -1.40. The van der Waals surface area contributed by atoms with Crippen molar-refractivity contribution in [3.63, 3.8) is 0 Å². The van der Waals surface area contributed by atoms with Gasteiger partial charge in [0.2, 0.25) is 5.91 Å². The molecule has 3 heterocycles. The van der Waals surface area contributed by atoms with Crippen molar-refractivity contribution in [1.82, 2.24) is 14.5 Å². The minimum absolute atomic E-state index is 0.112. The number of methoxy groups -OCH3 is 1. The van der Waals surface area contributed by atoms with Gasteiger partial charge < -0.3 is 18.9 Å². The van der Waals surface area contributed by atoms with E-state index in [9.17, 15) is 4.79 Å². The van der Waals surface area contributed by atoms with E-state index in [-0.39, 0.29) is 17.9 Å². The minimum atomic E-state index is 0.112. The summed E-state index contributed by atoms with van der Waals surface area (Å²) in [5.41, 5.74) is 1.08. The van der Waals surface area contributed by atoms with Gasteiger partial charge in [0.25, 0.3) is 0 Å². The first-order chi connectivity index (χ1) is 9.79. The summed E-state index contributed by atoms with van der Waals surface area (Å²) in [4.78, 5) is 18.8. The first-order valence-electron chi connectivity index (χ1n) is 7.15. The maximum absolute atomic E-state index is 12.6. The Morgan fingerprint density at radius 2 is 2.30 bits per heavy atom. The second-order valence-electron chi connectivity index (χ2n) is 5.51. The second kappa shape index (κ2) is 5.93. The highest BCUT2D eigenvalue weighted by Crippen LogP contribution is 2.25. The van der Waals surface area contributed by atoms with Crippen molar-refractivity contribution in [3.8, 4) is 0 Å². The molecule has 0 aromatic carbocycles. The largest absolute Gasteiger partial charge is 0.382 e. The summed E-state index contributed by atoms with van der Waals surface area (Å²) < 4.78 is 12.7. The standard InChI is InChI=1S/C14H21N3O3/c1-19-9-13-8-16(7-12-6-15-10-17(12)13)14(18)11-2-4-20-5-3-11/h6,10-11,13H,2-5,7-9H2,1H3/t13-/m0/s1. The van der Waals surface area contributed by atoms with Gasteiger partial charge in [-0.05, 0) is 12.8 Å². The highest BCUT2D eigenvalue weighted by Gasteiger charge is 2.32. The molecule has 1 atom stereocenters. The monoisotopic (exact) mass is 279 g/mol. The minimum Gasteiger partial charge on any atom is -0.382 e. The molecule has 3 rings (SSSR count). The van der Waals surface area contributed by atoms with Crippen LogP contribution in [0.25, 0.3) is 0 Å². The van der Waals surface area contributed by atoms with Gasteiger partial charge in [-0.1, -0.05) is 0 Å². The summed E-state index contributed by atoms with van der Waals surface area (Å²) in [6.45, 7) is 3.35. The van der Waals surface area contributed by atoms with Crippen LogP contribution >= 0.6 is 0 Å². The fourth-order valence-electron chi connectivity index (χ4n) is 3.08. The van der Waals surface area contributed by atoms with Gasteiger partial charge in [-0.15, -0.1) is 0 Å². The fraction of sp³-hybridized carbons (Fsp3) is 0.714. The third-order valence-electron chi connectivity index (χ3n) is 4.16. The van der Waals surface area contributed by atoms with Gasteiger partial charge in [0.1, 0.15) is 0 Å². The Morgan fingerprint density at radius 1 is 1.50 bits per heavy atom. The molecule has 1 saturated heterocycles. The Bertz CT molecular complexity index is 468. The van der Waals surface area contributed by atoms with E-state index >= 15 is 0 Å². The van der Waals surface area contributed by atoms with Crippen molar-refractivity contribution >= 4 is 5.91 Å². The topological polar surface area (TPSA) is 56.6 Å². The number of nitrogens with zero attached hydrogens (tertiary/aromatic N) is 3. The maximum atomic E-state index is 12.6. The smallest absolute Gasteiger partial charge is 0.226 e. The molecular weight excluding hydrogens is 258 g/mol. The summed E-state index contributed by atoms with van der Waals surface area (Å²) >= 11 is 0. The average Bonchev–Trinajstić information content (AvgIpc) is 2.96. The van der Waals surface area contributed by atoms with Crippen molar-refractivity contribution in [1.29, 1.82) is 0 Å². The number of ether oxygens (including phenoxy) is 2. The molecule has 1 aromatic heterocycles. The molecule has 1 amide bonds. The molecule has 2 aliphatic rings. The Morgan fingerprint density at radius 3 is 3.05 bits per heavy atom. The molecule has 6 nitrogen and oxygen atoms in total. The normalized spacial score (nSPS) is 23.6. The number of carbonyl (C=O) groups is 1. The molecule has 0 aliphatic carbocycles. The van der Waals surface area contributed by atoms with Crippen molar-refractivity contribution < 1.29 is 14.3 Å². The molecular formula is C14H21N3O3. The van der Waals surface area contributed by atoms with E-state index in [0.29, 0.717) is 32.9 Å². The number of rotatable bonds is 3. The summed E-state index contributed by atoms with van der Waals surface area (Å²) in [5.74, 6) is 0.364. The van der Waals surface area contributed by atoms with Crippen LogP contribution < -0.4 is 0 Å². The van der Waals surface area contributed by atoms with Gasteiger partial charge in [0, 0.05) is 39.0 Å². The fourth-order valence-corrected chi connectivity index (χ4v) is 3.08. The lowest BCUT2D eigenvalue weighted by molar-refractivity contribution is -0.141. The summed E-state index contributed by atoms with van der Waals surface area (Å²) in [6.07, 6.45) is 5.34. The van der Waals surface area contributed by atoms with Crippen molar-refractivity contribution in [3.05, 3.63) is 18.2 Å². The van der Waals surface area contributed by atoms with E-state index in [2.05, 4.69) is 9.55 Å². The van der Waals surface area contributed by atoms with Crippen molar-refractivity contribution in [2.24, 2.45) is 5.92 Å². The summed E-state index contributed by atoms with van der Waals surface area (Å²) in [6, 6.07) is 0.162. The maximum Gasteiger partial charge on any atom is 0.226 e. The number of hydrogen-bond donors (Lipinski definition) is 0. The molecule has 0 N–H and O–H groups in total.